The number of aryl methyl sites for hydroxylation is 2. The Bertz CT molecular complexity index is 1350. The number of amides is 2. The van der Waals surface area contributed by atoms with E-state index in [0.717, 1.165) is 56.1 Å². The molecule has 0 saturated heterocycles. The molecule has 0 aliphatic rings. The van der Waals surface area contributed by atoms with Crippen molar-refractivity contribution in [2.45, 2.75) is 102 Å². The summed E-state index contributed by atoms with van der Waals surface area (Å²) in [5.41, 5.74) is 19.3. The van der Waals surface area contributed by atoms with Crippen LogP contribution in [0.25, 0.3) is 0 Å². The highest BCUT2D eigenvalue weighted by Crippen LogP contribution is 2.13. The van der Waals surface area contributed by atoms with Crippen molar-refractivity contribution in [2.24, 2.45) is 22.2 Å². The zero-order valence-electron chi connectivity index (χ0n) is 29.5. The lowest BCUT2D eigenvalue weighted by Gasteiger charge is -2.30. The summed E-state index contributed by atoms with van der Waals surface area (Å²) < 4.78 is 0. The van der Waals surface area contributed by atoms with Gasteiger partial charge in [0.25, 0.3) is 5.91 Å². The van der Waals surface area contributed by atoms with Crippen LogP contribution in [0.2, 0.25) is 5.15 Å². The van der Waals surface area contributed by atoms with Crippen molar-refractivity contribution in [1.29, 1.82) is 0 Å². The molecule has 0 aliphatic heterocycles. The molecule has 1 heterocycles. The van der Waals surface area contributed by atoms with E-state index in [1.54, 1.807) is 0 Å². The second-order valence-electron chi connectivity index (χ2n) is 12.8. The van der Waals surface area contributed by atoms with Crippen LogP contribution in [0.5, 0.6) is 0 Å². The fourth-order valence-corrected chi connectivity index (χ4v) is 5.68. The predicted molar refractivity (Wildman–Crippen MR) is 196 cm³/mol. The third-order valence-electron chi connectivity index (χ3n) is 8.60. The first-order valence-corrected chi connectivity index (χ1v) is 18.0. The molecular weight excluding hydrogens is 680 g/mol. The third-order valence-corrected chi connectivity index (χ3v) is 8.79. The largest absolute Gasteiger partial charge is 0.394 e. The van der Waals surface area contributed by atoms with Gasteiger partial charge in [0.15, 0.2) is 5.69 Å². The Hall–Kier alpha value is -3.28. The Morgan fingerprint density at radius 3 is 2.16 bits per heavy atom. The predicted octanol–water partition coefficient (Wildman–Crippen LogP) is 0.0415. The summed E-state index contributed by atoms with van der Waals surface area (Å²) in [7, 11) is 0. The molecule has 0 aliphatic carbocycles. The number of nitrogens with one attached hydrogen (secondary N) is 1. The first kappa shape index (κ1) is 43.9. The molecule has 51 heavy (non-hydrogen) atoms. The maximum absolute atomic E-state index is 12.2. The molecule has 16 heteroatoms. The third kappa shape index (κ3) is 16.3. The SMILES string of the molecule is CCCCCCN(CCCN[C@@H](CCc1ccc(CCCCN=C(N)c2ncc(Cl)nc2C(N)=O)cc1)C(N)=O)C[C@H](O)[C@@H](O)[C@H](O)[C@H](O)CO. The van der Waals surface area contributed by atoms with Gasteiger partial charge in [-0.05, 0) is 75.7 Å². The van der Waals surface area contributed by atoms with Gasteiger partial charge < -0.3 is 53.0 Å². The van der Waals surface area contributed by atoms with E-state index in [-0.39, 0.29) is 28.9 Å². The minimum atomic E-state index is -1.67. The van der Waals surface area contributed by atoms with Gasteiger partial charge in [0.2, 0.25) is 5.91 Å². The number of halogens is 1. The lowest BCUT2D eigenvalue weighted by Crippen LogP contribution is -2.50. The van der Waals surface area contributed by atoms with Crippen LogP contribution >= 0.6 is 11.6 Å². The van der Waals surface area contributed by atoms with Crippen LogP contribution in [0, 0.1) is 0 Å². The van der Waals surface area contributed by atoms with Gasteiger partial charge in [0, 0.05) is 13.1 Å². The number of benzene rings is 1. The average molecular weight is 737 g/mol. The number of aliphatic hydroxyl groups excluding tert-OH is 5. The normalized spacial score (nSPS) is 15.0. The van der Waals surface area contributed by atoms with Crippen LogP contribution in [0.3, 0.4) is 0 Å². The molecule has 0 unspecified atom stereocenters. The summed E-state index contributed by atoms with van der Waals surface area (Å²) in [6, 6.07) is 7.69. The summed E-state index contributed by atoms with van der Waals surface area (Å²) in [6.45, 7) is 3.67. The molecule has 5 atom stereocenters. The lowest BCUT2D eigenvalue weighted by atomic mass is 10.0. The molecular formula is C35H57ClN8O7. The van der Waals surface area contributed by atoms with Crippen LogP contribution in [0.4, 0.5) is 0 Å². The number of aromatic nitrogens is 2. The quantitative estimate of drug-likeness (QED) is 0.0334. The fraction of sp³-hybridized carbons (Fsp3) is 0.629. The molecule has 12 N–H and O–H groups in total. The number of unbranched alkanes of at least 4 members (excludes halogenated alkanes) is 4. The van der Waals surface area contributed by atoms with Crippen LogP contribution in [0.1, 0.15) is 85.6 Å². The number of hydrogen-bond donors (Lipinski definition) is 9. The second kappa shape index (κ2) is 24.1. The molecule has 0 fully saturated rings. The van der Waals surface area contributed by atoms with Crippen molar-refractivity contribution < 1.29 is 35.1 Å². The number of carbonyl (C=O) groups is 2. The number of rotatable bonds is 27. The smallest absolute Gasteiger partial charge is 0.269 e. The summed E-state index contributed by atoms with van der Waals surface area (Å²) >= 11 is 5.80. The lowest BCUT2D eigenvalue weighted by molar-refractivity contribution is -0.120. The molecule has 0 bridgehead atoms. The Morgan fingerprint density at radius 2 is 1.53 bits per heavy atom. The number of nitrogens with two attached hydrogens (primary N) is 3. The summed E-state index contributed by atoms with van der Waals surface area (Å²) in [5.74, 6) is -1.15. The topological polar surface area (TPSA) is 267 Å². The number of aliphatic imine (C=N–C) groups is 1. The zero-order chi connectivity index (χ0) is 37.8. The van der Waals surface area contributed by atoms with Crippen molar-refractivity contribution in [3.63, 3.8) is 0 Å². The average Bonchev–Trinajstić information content (AvgIpc) is 3.11. The Labute approximate surface area is 305 Å². The summed E-state index contributed by atoms with van der Waals surface area (Å²) in [5, 5.41) is 52.8. The number of primary amides is 2. The van der Waals surface area contributed by atoms with Crippen LogP contribution in [-0.2, 0) is 17.6 Å². The number of hydrogen-bond acceptors (Lipinski definition) is 12. The van der Waals surface area contributed by atoms with Crippen molar-refractivity contribution in [2.75, 3.05) is 39.3 Å². The molecule has 0 spiro atoms. The van der Waals surface area contributed by atoms with Gasteiger partial charge in [-0.3, -0.25) is 14.6 Å². The molecule has 0 radical (unpaired) electrons. The van der Waals surface area contributed by atoms with Crippen molar-refractivity contribution in [3.8, 4) is 0 Å². The number of amidine groups is 1. The highest BCUT2D eigenvalue weighted by Gasteiger charge is 2.31. The molecule has 15 nitrogen and oxygen atoms in total. The van der Waals surface area contributed by atoms with E-state index in [4.69, 9.17) is 33.9 Å². The molecule has 286 valence electrons. The minimum Gasteiger partial charge on any atom is -0.394 e. The van der Waals surface area contributed by atoms with Crippen molar-refractivity contribution in [3.05, 3.63) is 58.1 Å². The van der Waals surface area contributed by atoms with E-state index in [0.29, 0.717) is 45.4 Å². The van der Waals surface area contributed by atoms with Gasteiger partial charge in [-0.15, -0.1) is 0 Å². The molecule has 2 aromatic rings. The number of carbonyl (C=O) groups excluding carboxylic acids is 2. The van der Waals surface area contributed by atoms with E-state index in [1.165, 1.54) is 6.20 Å². The van der Waals surface area contributed by atoms with Gasteiger partial charge in [-0.2, -0.15) is 0 Å². The van der Waals surface area contributed by atoms with Crippen LogP contribution in [0.15, 0.2) is 35.5 Å². The monoisotopic (exact) mass is 736 g/mol. The molecule has 1 aromatic carbocycles. The van der Waals surface area contributed by atoms with Crippen molar-refractivity contribution in [1.82, 2.24) is 20.2 Å². The number of aliphatic hydroxyl groups is 5. The van der Waals surface area contributed by atoms with Gasteiger partial charge in [0.1, 0.15) is 35.0 Å². The second-order valence-corrected chi connectivity index (χ2v) is 13.1. The molecule has 0 saturated carbocycles. The van der Waals surface area contributed by atoms with E-state index in [9.17, 15) is 30.0 Å². The molecule has 1 aromatic heterocycles. The van der Waals surface area contributed by atoms with Gasteiger partial charge in [0.05, 0.1) is 24.9 Å². The standard InChI is InChI=1S/C35H57ClN8O7/c1-2-3-4-7-18-44(21-26(46)31(48)32(49)27(47)22-45)19-8-17-40-25(34(38)50)15-14-24-12-10-23(11-13-24)9-5-6-16-41-33(37)29-30(35(39)51)43-28(36)20-42-29/h10-13,20,25-27,31-32,40,45-49H,2-9,14-19,21-22H2,1H3,(H2,37,41)(H2,38,50)(H2,39,51)/t25-,26-,27+,31+,32+/m0/s1. The Kier molecular flexibility index (Phi) is 20.7. The van der Waals surface area contributed by atoms with Gasteiger partial charge in [-0.1, -0.05) is 62.1 Å². The minimum absolute atomic E-state index is 0.0362. The highest BCUT2D eigenvalue weighted by molar-refractivity contribution is 6.29. The molecule has 2 amide bonds. The Morgan fingerprint density at radius 1 is 0.882 bits per heavy atom. The molecule has 2 rings (SSSR count). The maximum Gasteiger partial charge on any atom is 0.269 e. The maximum atomic E-state index is 12.2. The highest BCUT2D eigenvalue weighted by atomic mass is 35.5. The van der Waals surface area contributed by atoms with Crippen LogP contribution in [-0.4, -0.2) is 128 Å². The number of nitrogens with zero attached hydrogens (tertiary/aromatic N) is 4. The van der Waals surface area contributed by atoms with E-state index in [1.807, 2.05) is 17.0 Å². The Balaban J connectivity index is 1.79. The first-order valence-electron chi connectivity index (χ1n) is 17.7. The summed E-state index contributed by atoms with van der Waals surface area (Å²) in [6.07, 6.45) is 3.52. The van der Waals surface area contributed by atoms with Gasteiger partial charge >= 0.3 is 0 Å². The van der Waals surface area contributed by atoms with Crippen molar-refractivity contribution >= 4 is 29.3 Å². The van der Waals surface area contributed by atoms with E-state index < -0.39 is 48.9 Å². The first-order chi connectivity index (χ1) is 24.4. The van der Waals surface area contributed by atoms with Gasteiger partial charge in [-0.25, -0.2) is 9.97 Å². The summed E-state index contributed by atoms with van der Waals surface area (Å²) in [4.78, 5) is 38.0. The van der Waals surface area contributed by atoms with Crippen LogP contribution < -0.4 is 22.5 Å². The zero-order valence-corrected chi connectivity index (χ0v) is 30.3. The fourth-order valence-electron chi connectivity index (χ4n) is 5.54. The van der Waals surface area contributed by atoms with E-state index >= 15 is 0 Å². The van der Waals surface area contributed by atoms with E-state index in [2.05, 4.69) is 39.3 Å².